The van der Waals surface area contributed by atoms with E-state index in [1.165, 1.54) is 18.2 Å². The van der Waals surface area contributed by atoms with Gasteiger partial charge >= 0.3 is 0 Å². The van der Waals surface area contributed by atoms with Crippen LogP contribution in [-0.2, 0) is 15.9 Å². The summed E-state index contributed by atoms with van der Waals surface area (Å²) in [6.07, 6.45) is 4.57. The Labute approximate surface area is 171 Å². The number of ether oxygens (including phenoxy) is 2. The van der Waals surface area contributed by atoms with Gasteiger partial charge in [-0.15, -0.1) is 6.58 Å². The van der Waals surface area contributed by atoms with E-state index < -0.39 is 46.6 Å². The predicted octanol–water partition coefficient (Wildman–Crippen LogP) is 6.28. The molecule has 1 saturated heterocycles. The van der Waals surface area contributed by atoms with Gasteiger partial charge in [-0.1, -0.05) is 30.4 Å². The first-order valence-corrected chi connectivity index (χ1v) is 9.55. The Morgan fingerprint density at radius 2 is 1.50 bits per heavy atom. The minimum atomic E-state index is -1.52. The van der Waals surface area contributed by atoms with E-state index in [9.17, 15) is 22.0 Å². The number of benzene rings is 2. The zero-order chi connectivity index (χ0) is 21.7. The topological polar surface area (TPSA) is 18.5 Å². The molecule has 1 aliphatic heterocycles. The summed E-state index contributed by atoms with van der Waals surface area (Å²) in [5.41, 5.74) is -0.692. The van der Waals surface area contributed by atoms with Crippen LogP contribution in [0.4, 0.5) is 22.0 Å². The van der Waals surface area contributed by atoms with E-state index in [0.29, 0.717) is 12.8 Å². The minimum absolute atomic E-state index is 0.0775. The van der Waals surface area contributed by atoms with Gasteiger partial charge in [0.05, 0.1) is 18.8 Å². The molecule has 3 rings (SSSR count). The van der Waals surface area contributed by atoms with Gasteiger partial charge in [-0.05, 0) is 37.0 Å². The number of hydrogen-bond acceptors (Lipinski definition) is 2. The van der Waals surface area contributed by atoms with Crippen molar-refractivity contribution in [1.82, 2.24) is 0 Å². The van der Waals surface area contributed by atoms with Gasteiger partial charge in [-0.2, -0.15) is 0 Å². The second-order valence-electron chi connectivity index (χ2n) is 6.88. The molecule has 0 spiro atoms. The number of halogens is 5. The van der Waals surface area contributed by atoms with Crippen molar-refractivity contribution < 1.29 is 31.4 Å². The molecule has 0 aromatic heterocycles. The molecule has 0 amide bonds. The quantitative estimate of drug-likeness (QED) is 0.282. The molecule has 0 aliphatic carbocycles. The third kappa shape index (κ3) is 4.79. The summed E-state index contributed by atoms with van der Waals surface area (Å²) in [6.45, 7) is 3.70. The summed E-state index contributed by atoms with van der Waals surface area (Å²) >= 11 is 0. The third-order valence-corrected chi connectivity index (χ3v) is 4.92. The maximum Gasteiger partial charge on any atom is 0.189 e. The standard InChI is InChI=1S/C23H21F5O2/c1-2-15(7-5-3-4-6-14-8-10-16(24)11-9-14)17-19(25)21(27)18(22(28)20(17)26)23-29-12-13-30-23/h2-4,8-11,15,23H,1,5-7,12-13H2/b4-3+. The lowest BCUT2D eigenvalue weighted by Gasteiger charge is -2.19. The van der Waals surface area contributed by atoms with Gasteiger partial charge in [-0.3, -0.25) is 0 Å². The van der Waals surface area contributed by atoms with E-state index in [4.69, 9.17) is 9.47 Å². The normalized spacial score (nSPS) is 15.8. The van der Waals surface area contributed by atoms with Crippen LogP contribution in [-0.4, -0.2) is 13.2 Å². The predicted molar refractivity (Wildman–Crippen MR) is 102 cm³/mol. The molecular formula is C23H21F5O2. The van der Waals surface area contributed by atoms with Gasteiger partial charge in [0, 0.05) is 11.5 Å². The van der Waals surface area contributed by atoms with E-state index in [-0.39, 0.29) is 25.5 Å². The molecule has 2 nitrogen and oxygen atoms in total. The number of rotatable bonds is 8. The van der Waals surface area contributed by atoms with Crippen molar-refractivity contribution in [3.05, 3.63) is 94.8 Å². The van der Waals surface area contributed by atoms with Crippen molar-refractivity contribution in [3.8, 4) is 0 Å². The Balaban J connectivity index is 1.72. The van der Waals surface area contributed by atoms with Crippen molar-refractivity contribution in [1.29, 1.82) is 0 Å². The van der Waals surface area contributed by atoms with Crippen molar-refractivity contribution >= 4 is 0 Å². The smallest absolute Gasteiger partial charge is 0.189 e. The molecule has 1 heterocycles. The molecule has 7 heteroatoms. The first-order chi connectivity index (χ1) is 14.4. The molecular weight excluding hydrogens is 403 g/mol. The molecule has 2 aromatic rings. The molecule has 30 heavy (non-hydrogen) atoms. The maximum atomic E-state index is 14.6. The molecule has 160 valence electrons. The Morgan fingerprint density at radius 1 is 0.900 bits per heavy atom. The lowest BCUT2D eigenvalue weighted by molar-refractivity contribution is -0.0498. The second-order valence-corrected chi connectivity index (χ2v) is 6.88. The Hall–Kier alpha value is -2.51. The average molecular weight is 424 g/mol. The van der Waals surface area contributed by atoms with Crippen molar-refractivity contribution in [2.75, 3.05) is 13.2 Å². The fraction of sp³-hybridized carbons (Fsp3) is 0.304. The van der Waals surface area contributed by atoms with Crippen LogP contribution in [0, 0.1) is 29.1 Å². The molecule has 1 fully saturated rings. The van der Waals surface area contributed by atoms with Crippen LogP contribution in [0.5, 0.6) is 0 Å². The van der Waals surface area contributed by atoms with Gasteiger partial charge in [-0.25, -0.2) is 22.0 Å². The van der Waals surface area contributed by atoms with Crippen LogP contribution in [0.1, 0.15) is 41.7 Å². The highest BCUT2D eigenvalue weighted by Gasteiger charge is 2.34. The van der Waals surface area contributed by atoms with Gasteiger partial charge in [0.2, 0.25) is 0 Å². The largest absolute Gasteiger partial charge is 0.346 e. The van der Waals surface area contributed by atoms with E-state index in [1.54, 1.807) is 18.2 Å². The second kappa shape index (κ2) is 10.00. The van der Waals surface area contributed by atoms with E-state index in [2.05, 4.69) is 6.58 Å². The number of hydrogen-bond donors (Lipinski definition) is 0. The zero-order valence-electron chi connectivity index (χ0n) is 16.1. The van der Waals surface area contributed by atoms with Gasteiger partial charge < -0.3 is 9.47 Å². The highest BCUT2D eigenvalue weighted by atomic mass is 19.2. The Kier molecular flexibility index (Phi) is 7.39. The monoisotopic (exact) mass is 424 g/mol. The van der Waals surface area contributed by atoms with Crippen LogP contribution in [0.15, 0.2) is 49.1 Å². The van der Waals surface area contributed by atoms with Crippen molar-refractivity contribution in [2.45, 2.75) is 31.5 Å². The molecule has 0 radical (unpaired) electrons. The first kappa shape index (κ1) is 22.2. The average Bonchev–Trinajstić information content (AvgIpc) is 3.26. The first-order valence-electron chi connectivity index (χ1n) is 9.55. The fourth-order valence-electron chi connectivity index (χ4n) is 3.34. The van der Waals surface area contributed by atoms with Crippen LogP contribution < -0.4 is 0 Å². The van der Waals surface area contributed by atoms with Crippen molar-refractivity contribution in [3.63, 3.8) is 0 Å². The summed E-state index contributed by atoms with van der Waals surface area (Å²) in [7, 11) is 0. The lowest BCUT2D eigenvalue weighted by Crippen LogP contribution is -2.14. The maximum absolute atomic E-state index is 14.6. The molecule has 1 aliphatic rings. The van der Waals surface area contributed by atoms with Gasteiger partial charge in [0.25, 0.3) is 0 Å². The molecule has 0 bridgehead atoms. The Bertz CT molecular complexity index is 889. The Morgan fingerprint density at radius 3 is 2.07 bits per heavy atom. The highest BCUT2D eigenvalue weighted by molar-refractivity contribution is 5.35. The zero-order valence-corrected chi connectivity index (χ0v) is 16.1. The lowest BCUT2D eigenvalue weighted by atomic mass is 9.91. The molecule has 1 unspecified atom stereocenters. The summed E-state index contributed by atoms with van der Waals surface area (Å²) in [6, 6.07) is 6.03. The fourth-order valence-corrected chi connectivity index (χ4v) is 3.34. The summed E-state index contributed by atoms with van der Waals surface area (Å²) in [4.78, 5) is 0. The summed E-state index contributed by atoms with van der Waals surface area (Å²) in [5, 5.41) is 0. The van der Waals surface area contributed by atoms with Crippen LogP contribution in [0.25, 0.3) is 0 Å². The third-order valence-electron chi connectivity index (χ3n) is 4.92. The molecule has 0 saturated carbocycles. The SMILES string of the molecule is C=CC(CC/C=C/Cc1ccc(F)cc1)c1c(F)c(F)c(C2OCCO2)c(F)c1F. The summed E-state index contributed by atoms with van der Waals surface area (Å²) < 4.78 is 81.1. The van der Waals surface area contributed by atoms with E-state index in [0.717, 1.165) is 5.56 Å². The van der Waals surface area contributed by atoms with Gasteiger partial charge in [0.1, 0.15) is 5.82 Å². The summed E-state index contributed by atoms with van der Waals surface area (Å²) in [5.74, 6) is -7.23. The highest BCUT2D eigenvalue weighted by Crippen LogP contribution is 2.37. The van der Waals surface area contributed by atoms with Crippen LogP contribution in [0.3, 0.4) is 0 Å². The molecule has 1 atom stereocenters. The van der Waals surface area contributed by atoms with E-state index in [1.807, 2.05) is 6.08 Å². The van der Waals surface area contributed by atoms with Crippen LogP contribution in [0.2, 0.25) is 0 Å². The number of allylic oxidation sites excluding steroid dienone is 3. The molecule has 2 aromatic carbocycles. The molecule has 0 N–H and O–H groups in total. The minimum Gasteiger partial charge on any atom is -0.346 e. The van der Waals surface area contributed by atoms with Crippen LogP contribution >= 0.6 is 0 Å². The van der Waals surface area contributed by atoms with Gasteiger partial charge in [0.15, 0.2) is 29.6 Å². The van der Waals surface area contributed by atoms with Crippen molar-refractivity contribution in [2.24, 2.45) is 0 Å². The van der Waals surface area contributed by atoms with E-state index >= 15 is 0 Å².